The summed E-state index contributed by atoms with van der Waals surface area (Å²) in [6.45, 7) is 3.73. The largest absolute Gasteiger partial charge is 0.497 e. The van der Waals surface area contributed by atoms with Crippen LogP contribution in [0.15, 0.2) is 36.4 Å². The molecule has 1 aliphatic heterocycles. The molecular formula is C22H24F2N2O4. The third-order valence-electron chi connectivity index (χ3n) is 4.95. The highest BCUT2D eigenvalue weighted by atomic mass is 19.1. The number of rotatable bonds is 6. The number of carbonyl (C=O) groups is 2. The van der Waals surface area contributed by atoms with Crippen molar-refractivity contribution in [3.63, 3.8) is 0 Å². The molecule has 6 nitrogen and oxygen atoms in total. The lowest BCUT2D eigenvalue weighted by molar-refractivity contribution is -0.125. The van der Waals surface area contributed by atoms with Crippen molar-refractivity contribution in [1.82, 2.24) is 10.6 Å². The summed E-state index contributed by atoms with van der Waals surface area (Å²) in [6, 6.07) is 7.36. The van der Waals surface area contributed by atoms with Gasteiger partial charge in [-0.25, -0.2) is 8.78 Å². The van der Waals surface area contributed by atoms with Crippen LogP contribution in [-0.4, -0.2) is 37.6 Å². The molecule has 160 valence electrons. The first-order chi connectivity index (χ1) is 14.3. The van der Waals surface area contributed by atoms with Crippen LogP contribution in [0.5, 0.6) is 11.5 Å². The van der Waals surface area contributed by atoms with Crippen molar-refractivity contribution >= 4 is 11.8 Å². The molecule has 1 aliphatic rings. The molecule has 2 aromatic rings. The van der Waals surface area contributed by atoms with Crippen molar-refractivity contribution in [3.8, 4) is 11.5 Å². The van der Waals surface area contributed by atoms with Crippen molar-refractivity contribution < 1.29 is 27.8 Å². The van der Waals surface area contributed by atoms with E-state index in [0.29, 0.717) is 17.9 Å². The van der Waals surface area contributed by atoms with Crippen LogP contribution in [0, 0.1) is 17.6 Å². The van der Waals surface area contributed by atoms with Crippen LogP contribution in [0.4, 0.5) is 8.78 Å². The molecule has 2 aromatic carbocycles. The third kappa shape index (κ3) is 4.69. The monoisotopic (exact) mass is 418 g/mol. The Kier molecular flexibility index (Phi) is 6.54. The lowest BCUT2D eigenvalue weighted by atomic mass is 9.99. The van der Waals surface area contributed by atoms with Gasteiger partial charge < -0.3 is 20.1 Å². The Bertz CT molecular complexity index is 928. The number of carbonyl (C=O) groups excluding carboxylic acids is 2. The van der Waals surface area contributed by atoms with Crippen LogP contribution < -0.4 is 20.1 Å². The molecule has 0 spiro atoms. The van der Waals surface area contributed by atoms with E-state index in [1.807, 2.05) is 12.1 Å². The molecule has 2 amide bonds. The highest BCUT2D eigenvalue weighted by Gasteiger charge is 2.30. The van der Waals surface area contributed by atoms with E-state index in [1.165, 1.54) is 6.07 Å². The molecule has 8 heteroatoms. The van der Waals surface area contributed by atoms with Gasteiger partial charge in [-0.15, -0.1) is 0 Å². The first kappa shape index (κ1) is 21.5. The maximum Gasteiger partial charge on any atom is 0.257 e. The number of ether oxygens (including phenoxy) is 2. The van der Waals surface area contributed by atoms with Crippen LogP contribution >= 0.6 is 0 Å². The molecule has 2 atom stereocenters. The fourth-order valence-corrected chi connectivity index (χ4v) is 3.33. The molecule has 30 heavy (non-hydrogen) atoms. The zero-order chi connectivity index (χ0) is 21.8. The summed E-state index contributed by atoms with van der Waals surface area (Å²) in [7, 11) is 1.57. The highest BCUT2D eigenvalue weighted by Crippen LogP contribution is 2.29. The first-order valence-electron chi connectivity index (χ1n) is 9.65. The molecule has 0 saturated heterocycles. The minimum atomic E-state index is -0.983. The van der Waals surface area contributed by atoms with E-state index in [1.54, 1.807) is 27.0 Å². The number of hydrogen-bond acceptors (Lipinski definition) is 4. The number of nitrogens with one attached hydrogen (secondary N) is 2. The summed E-state index contributed by atoms with van der Waals surface area (Å²) >= 11 is 0. The number of hydrogen-bond donors (Lipinski definition) is 2. The number of methoxy groups -OCH3 is 1. The molecule has 3 rings (SSSR count). The normalized spacial score (nSPS) is 16.3. The predicted molar refractivity (Wildman–Crippen MR) is 107 cm³/mol. The standard InChI is InChI=1S/C22H24F2N2O4/c1-12(2)20(26-21(27)19-16(23)5-4-6-17(19)24)22(28)25-14-9-13-7-8-15(29-3)10-18(13)30-11-14/h4-8,10,12,14,20H,9,11H2,1-3H3,(H,25,28)(H,26,27). The van der Waals surface area contributed by atoms with Gasteiger partial charge in [-0.2, -0.15) is 0 Å². The van der Waals surface area contributed by atoms with E-state index in [2.05, 4.69) is 10.6 Å². The van der Waals surface area contributed by atoms with Crippen molar-refractivity contribution in [2.24, 2.45) is 5.92 Å². The minimum absolute atomic E-state index is 0.257. The van der Waals surface area contributed by atoms with Gasteiger partial charge in [-0.3, -0.25) is 9.59 Å². The van der Waals surface area contributed by atoms with Gasteiger partial charge in [0.05, 0.1) is 13.2 Å². The Hall–Kier alpha value is -3.16. The Morgan fingerprint density at radius 1 is 1.17 bits per heavy atom. The topological polar surface area (TPSA) is 76.7 Å². The van der Waals surface area contributed by atoms with E-state index in [-0.39, 0.29) is 18.6 Å². The Labute approximate surface area is 173 Å². The molecule has 0 fully saturated rings. The second-order valence-electron chi connectivity index (χ2n) is 7.49. The molecule has 2 N–H and O–H groups in total. The predicted octanol–water partition coefficient (Wildman–Crippen LogP) is 2.85. The van der Waals surface area contributed by atoms with Gasteiger partial charge in [-0.05, 0) is 36.1 Å². The van der Waals surface area contributed by atoms with Gasteiger partial charge in [0.15, 0.2) is 0 Å². The Morgan fingerprint density at radius 3 is 2.50 bits per heavy atom. The summed E-state index contributed by atoms with van der Waals surface area (Å²) in [6.07, 6.45) is 0.547. The van der Waals surface area contributed by atoms with E-state index in [9.17, 15) is 18.4 Å². The molecule has 0 radical (unpaired) electrons. The van der Waals surface area contributed by atoms with E-state index in [0.717, 1.165) is 17.7 Å². The second kappa shape index (κ2) is 9.11. The Balaban J connectivity index is 1.68. The average molecular weight is 418 g/mol. The third-order valence-corrected chi connectivity index (χ3v) is 4.95. The van der Waals surface area contributed by atoms with Crippen molar-refractivity contribution in [3.05, 3.63) is 59.2 Å². The maximum atomic E-state index is 13.9. The first-order valence-corrected chi connectivity index (χ1v) is 9.65. The molecule has 0 aliphatic carbocycles. The van der Waals surface area contributed by atoms with E-state index in [4.69, 9.17) is 9.47 Å². The zero-order valence-corrected chi connectivity index (χ0v) is 17.0. The lowest BCUT2D eigenvalue weighted by Gasteiger charge is -2.29. The number of fused-ring (bicyclic) bond motifs is 1. The van der Waals surface area contributed by atoms with Crippen LogP contribution in [0.1, 0.15) is 29.8 Å². The van der Waals surface area contributed by atoms with Crippen LogP contribution in [-0.2, 0) is 11.2 Å². The maximum absolute atomic E-state index is 13.9. The molecule has 0 saturated carbocycles. The summed E-state index contributed by atoms with van der Waals surface area (Å²) in [5.74, 6) is -2.31. The summed E-state index contributed by atoms with van der Waals surface area (Å²) < 4.78 is 38.7. The molecule has 1 heterocycles. The summed E-state index contributed by atoms with van der Waals surface area (Å²) in [4.78, 5) is 25.2. The number of halogens is 2. The summed E-state index contributed by atoms with van der Waals surface area (Å²) in [5, 5.41) is 5.31. The van der Waals surface area contributed by atoms with Gasteiger partial charge in [-0.1, -0.05) is 26.0 Å². The van der Waals surface area contributed by atoms with Crippen molar-refractivity contribution in [1.29, 1.82) is 0 Å². The van der Waals surface area contributed by atoms with Gasteiger partial charge in [0.25, 0.3) is 5.91 Å². The van der Waals surface area contributed by atoms with Gasteiger partial charge in [0, 0.05) is 6.07 Å². The van der Waals surface area contributed by atoms with Gasteiger partial charge >= 0.3 is 0 Å². The SMILES string of the molecule is COc1ccc2c(c1)OCC(NC(=O)C(NC(=O)c1c(F)cccc1F)C(C)C)C2. The highest BCUT2D eigenvalue weighted by molar-refractivity contribution is 5.98. The van der Waals surface area contributed by atoms with E-state index < -0.39 is 35.1 Å². The molecule has 0 bridgehead atoms. The number of amides is 2. The van der Waals surface area contributed by atoms with Gasteiger partial charge in [0.2, 0.25) is 5.91 Å². The zero-order valence-electron chi connectivity index (χ0n) is 17.0. The minimum Gasteiger partial charge on any atom is -0.497 e. The smallest absolute Gasteiger partial charge is 0.257 e. The quantitative estimate of drug-likeness (QED) is 0.757. The molecule has 2 unspecified atom stereocenters. The summed E-state index contributed by atoms with van der Waals surface area (Å²) in [5.41, 5.74) is 0.214. The number of benzene rings is 2. The molecule has 0 aromatic heterocycles. The van der Waals surface area contributed by atoms with E-state index >= 15 is 0 Å². The fraction of sp³-hybridized carbons (Fsp3) is 0.364. The molecular weight excluding hydrogens is 394 g/mol. The average Bonchev–Trinajstić information content (AvgIpc) is 2.71. The van der Waals surface area contributed by atoms with Gasteiger partial charge in [0.1, 0.15) is 41.3 Å². The lowest BCUT2D eigenvalue weighted by Crippen LogP contribution is -2.54. The Morgan fingerprint density at radius 2 is 1.87 bits per heavy atom. The second-order valence-corrected chi connectivity index (χ2v) is 7.49. The fourth-order valence-electron chi connectivity index (χ4n) is 3.33. The van der Waals surface area contributed by atoms with Crippen LogP contribution in [0.3, 0.4) is 0 Å². The van der Waals surface area contributed by atoms with Crippen molar-refractivity contribution in [2.45, 2.75) is 32.4 Å². The van der Waals surface area contributed by atoms with Crippen molar-refractivity contribution in [2.75, 3.05) is 13.7 Å². The van der Waals surface area contributed by atoms with Crippen LogP contribution in [0.2, 0.25) is 0 Å². The van der Waals surface area contributed by atoms with Crippen LogP contribution in [0.25, 0.3) is 0 Å².